The number of hydrogen-bond donors (Lipinski definition) is 0. The molecule has 0 atom stereocenters. The summed E-state index contributed by atoms with van der Waals surface area (Å²) in [6.45, 7) is 0. The van der Waals surface area contributed by atoms with Crippen molar-refractivity contribution in [1.82, 2.24) is 0 Å². The highest BCUT2D eigenvalue weighted by molar-refractivity contribution is 7.99. The van der Waals surface area contributed by atoms with Gasteiger partial charge in [-0.2, -0.15) is 0 Å². The van der Waals surface area contributed by atoms with Crippen LogP contribution in [0.25, 0.3) is 0 Å². The minimum Gasteiger partial charge on any atom is -0.258 e. The van der Waals surface area contributed by atoms with E-state index in [0.717, 1.165) is 15.4 Å². The molecule has 3 nitrogen and oxygen atoms in total. The Morgan fingerprint density at radius 1 is 0.926 bits per heavy atom. The maximum atomic E-state index is 11.5. The van der Waals surface area contributed by atoms with Crippen LogP contribution in [0.2, 0.25) is 15.1 Å². The normalized spacial score (nSPS) is 10.8. The van der Waals surface area contributed by atoms with E-state index >= 15 is 0 Å². The molecule has 0 aliphatic carbocycles. The first-order valence-electron chi connectivity index (χ1n) is 7.71. The van der Waals surface area contributed by atoms with Crippen LogP contribution in [0.1, 0.15) is 5.56 Å². The molecular weight excluding hydrogens is 445 g/mol. The molecule has 8 heteroatoms. The Hall–Kier alpha value is -1.37. The molecule has 0 aromatic heterocycles. The second kappa shape index (κ2) is 9.22. The molecule has 0 aliphatic heterocycles. The number of benzene rings is 3. The number of halogens is 3. The average Bonchev–Trinajstić information content (AvgIpc) is 2.64. The first-order valence-corrected chi connectivity index (χ1v) is 10.6. The van der Waals surface area contributed by atoms with Crippen LogP contribution in [0.3, 0.4) is 0 Å². The zero-order chi connectivity index (χ0) is 19.4. The summed E-state index contributed by atoms with van der Waals surface area (Å²) < 4.78 is 0. The molecule has 0 amide bonds. The van der Waals surface area contributed by atoms with E-state index < -0.39 is 0 Å². The predicted octanol–water partition coefficient (Wildman–Crippen LogP) is 8.00. The molecule has 0 heterocycles. The lowest BCUT2D eigenvalue weighted by molar-refractivity contribution is -0.387. The zero-order valence-electron chi connectivity index (χ0n) is 13.7. The van der Waals surface area contributed by atoms with Gasteiger partial charge in [0.25, 0.3) is 5.69 Å². The summed E-state index contributed by atoms with van der Waals surface area (Å²) >= 11 is 21.0. The van der Waals surface area contributed by atoms with Crippen LogP contribution in [0.15, 0.2) is 75.4 Å². The van der Waals surface area contributed by atoms with Gasteiger partial charge in [0.1, 0.15) is 0 Å². The Labute approximate surface area is 180 Å². The van der Waals surface area contributed by atoms with Gasteiger partial charge >= 0.3 is 0 Å². The van der Waals surface area contributed by atoms with Crippen molar-refractivity contribution in [2.24, 2.45) is 0 Å². The van der Waals surface area contributed by atoms with E-state index in [4.69, 9.17) is 34.8 Å². The molecule has 0 unspecified atom stereocenters. The van der Waals surface area contributed by atoms with Gasteiger partial charge in [0.15, 0.2) is 0 Å². The Balaban J connectivity index is 1.81. The quantitative estimate of drug-likeness (QED) is 0.214. The van der Waals surface area contributed by atoms with Gasteiger partial charge in [-0.1, -0.05) is 58.7 Å². The van der Waals surface area contributed by atoms with E-state index in [1.165, 1.54) is 23.5 Å². The Morgan fingerprint density at radius 2 is 1.59 bits per heavy atom. The molecule has 0 bridgehead atoms. The lowest BCUT2D eigenvalue weighted by Gasteiger charge is -2.08. The fourth-order valence-electron chi connectivity index (χ4n) is 2.29. The molecule has 138 valence electrons. The van der Waals surface area contributed by atoms with Gasteiger partial charge in [0.2, 0.25) is 0 Å². The van der Waals surface area contributed by atoms with E-state index in [1.54, 1.807) is 42.5 Å². The number of thioether (sulfide) groups is 1. The first kappa shape index (κ1) is 20.4. The fraction of sp³-hybridized carbons (Fsp3) is 0.0526. The molecule has 3 aromatic carbocycles. The topological polar surface area (TPSA) is 43.1 Å². The van der Waals surface area contributed by atoms with E-state index in [2.05, 4.69) is 0 Å². The Kier molecular flexibility index (Phi) is 6.95. The van der Waals surface area contributed by atoms with Gasteiger partial charge in [-0.3, -0.25) is 10.1 Å². The lowest BCUT2D eigenvalue weighted by atomic mass is 10.2. The first-order chi connectivity index (χ1) is 12.9. The summed E-state index contributed by atoms with van der Waals surface area (Å²) in [6.07, 6.45) is 0. The maximum Gasteiger partial charge on any atom is 0.283 e. The molecule has 0 N–H and O–H groups in total. The maximum absolute atomic E-state index is 11.5. The van der Waals surface area contributed by atoms with Crippen LogP contribution in [0, 0.1) is 10.1 Å². The van der Waals surface area contributed by atoms with Crippen molar-refractivity contribution < 1.29 is 4.92 Å². The van der Waals surface area contributed by atoms with Gasteiger partial charge in [-0.15, -0.1) is 11.8 Å². The third kappa shape index (κ3) is 5.33. The molecule has 0 fully saturated rings. The van der Waals surface area contributed by atoms with Crippen molar-refractivity contribution in [3.05, 3.63) is 91.4 Å². The summed E-state index contributed by atoms with van der Waals surface area (Å²) in [6, 6.07) is 17.7. The summed E-state index contributed by atoms with van der Waals surface area (Å²) in [5.41, 5.74) is 0.890. The highest BCUT2D eigenvalue weighted by Crippen LogP contribution is 2.39. The second-order valence-corrected chi connectivity index (χ2v) is 8.81. The molecule has 27 heavy (non-hydrogen) atoms. The highest BCUT2D eigenvalue weighted by atomic mass is 35.5. The number of nitro benzene ring substituents is 1. The monoisotopic (exact) mass is 455 g/mol. The smallest absolute Gasteiger partial charge is 0.258 e. The number of nitro groups is 1. The molecule has 0 saturated heterocycles. The Morgan fingerprint density at radius 3 is 2.22 bits per heavy atom. The third-order valence-electron chi connectivity index (χ3n) is 3.56. The number of nitrogens with zero attached hydrogens (tertiary/aromatic N) is 1. The van der Waals surface area contributed by atoms with Crippen molar-refractivity contribution in [3.8, 4) is 0 Å². The van der Waals surface area contributed by atoms with Crippen LogP contribution >= 0.6 is 58.3 Å². The van der Waals surface area contributed by atoms with Crippen molar-refractivity contribution >= 4 is 64.0 Å². The van der Waals surface area contributed by atoms with Crippen molar-refractivity contribution in [3.63, 3.8) is 0 Å². The van der Waals surface area contributed by atoms with E-state index in [0.29, 0.717) is 25.7 Å². The predicted molar refractivity (Wildman–Crippen MR) is 115 cm³/mol. The highest BCUT2D eigenvalue weighted by Gasteiger charge is 2.16. The van der Waals surface area contributed by atoms with E-state index in [1.807, 2.05) is 18.2 Å². The minimum absolute atomic E-state index is 0.0679. The molecule has 0 aliphatic rings. The molecule has 0 saturated carbocycles. The molecular formula is C19H12Cl3NO2S2. The molecule has 3 aromatic rings. The lowest BCUT2D eigenvalue weighted by Crippen LogP contribution is -1.93. The molecule has 0 spiro atoms. The van der Waals surface area contributed by atoms with E-state index in [-0.39, 0.29) is 10.6 Å². The van der Waals surface area contributed by atoms with Crippen LogP contribution in [-0.2, 0) is 5.75 Å². The van der Waals surface area contributed by atoms with Crippen LogP contribution in [0.4, 0.5) is 5.69 Å². The largest absolute Gasteiger partial charge is 0.283 e. The summed E-state index contributed by atoms with van der Waals surface area (Å²) in [5, 5.41) is 13.3. The number of hydrogen-bond acceptors (Lipinski definition) is 4. The van der Waals surface area contributed by atoms with E-state index in [9.17, 15) is 10.1 Å². The van der Waals surface area contributed by atoms with Crippen LogP contribution < -0.4 is 0 Å². The van der Waals surface area contributed by atoms with Gasteiger partial charge in [0, 0.05) is 26.6 Å². The van der Waals surface area contributed by atoms with Crippen LogP contribution in [-0.4, -0.2) is 4.92 Å². The zero-order valence-corrected chi connectivity index (χ0v) is 17.6. The van der Waals surface area contributed by atoms with Crippen molar-refractivity contribution in [1.29, 1.82) is 0 Å². The fourth-order valence-corrected chi connectivity index (χ4v) is 4.94. The summed E-state index contributed by atoms with van der Waals surface area (Å²) in [5.74, 6) is 0.524. The molecule has 3 rings (SSSR count). The van der Waals surface area contributed by atoms with Gasteiger partial charge < -0.3 is 0 Å². The van der Waals surface area contributed by atoms with Gasteiger partial charge in [-0.05, 0) is 48.0 Å². The van der Waals surface area contributed by atoms with Crippen molar-refractivity contribution in [2.75, 3.05) is 0 Å². The third-order valence-corrected chi connectivity index (χ3v) is 6.95. The summed E-state index contributed by atoms with van der Waals surface area (Å²) in [7, 11) is 0. The van der Waals surface area contributed by atoms with Gasteiger partial charge in [-0.25, -0.2) is 0 Å². The SMILES string of the molecule is O=[N+]([O-])c1cc(CSc2c(Cl)cccc2Cl)ccc1Sc1ccc(Cl)cc1. The summed E-state index contributed by atoms with van der Waals surface area (Å²) in [4.78, 5) is 13.4. The standard InChI is InChI=1S/C19H12Cl3NO2S2/c20-13-5-7-14(8-6-13)27-18-9-4-12(10-17(18)23(24)25)11-26-19-15(21)2-1-3-16(19)22/h1-10H,11H2. The minimum atomic E-state index is -0.366. The number of rotatable bonds is 6. The van der Waals surface area contributed by atoms with Crippen LogP contribution in [0.5, 0.6) is 0 Å². The van der Waals surface area contributed by atoms with Gasteiger partial charge in [0.05, 0.1) is 19.9 Å². The average molecular weight is 457 g/mol. The molecule has 0 radical (unpaired) electrons. The Bertz CT molecular complexity index is 961. The van der Waals surface area contributed by atoms with Crippen molar-refractivity contribution in [2.45, 2.75) is 20.4 Å². The second-order valence-electron chi connectivity index (χ2n) is 5.45.